The van der Waals surface area contributed by atoms with Crippen molar-refractivity contribution in [3.05, 3.63) is 65.9 Å². The van der Waals surface area contributed by atoms with Crippen molar-refractivity contribution in [1.82, 2.24) is 9.97 Å². The molecule has 0 aliphatic heterocycles. The van der Waals surface area contributed by atoms with Gasteiger partial charge >= 0.3 is 5.97 Å². The van der Waals surface area contributed by atoms with Crippen molar-refractivity contribution in [3.63, 3.8) is 0 Å². The predicted molar refractivity (Wildman–Crippen MR) is 112 cm³/mol. The normalized spacial score (nSPS) is 10.2. The van der Waals surface area contributed by atoms with Crippen LogP contribution in [0.3, 0.4) is 0 Å². The van der Waals surface area contributed by atoms with Gasteiger partial charge in [0, 0.05) is 30.1 Å². The van der Waals surface area contributed by atoms with E-state index in [4.69, 9.17) is 4.74 Å². The maximum atomic E-state index is 12.0. The average molecular weight is 391 g/mol. The number of anilines is 5. The van der Waals surface area contributed by atoms with Gasteiger partial charge in [-0.1, -0.05) is 18.2 Å². The molecule has 148 valence electrons. The second-order valence-electron chi connectivity index (χ2n) is 6.27. The van der Waals surface area contributed by atoms with Gasteiger partial charge in [-0.15, -0.1) is 0 Å². The van der Waals surface area contributed by atoms with Gasteiger partial charge in [0.15, 0.2) is 0 Å². The number of rotatable bonds is 6. The third-order valence-electron chi connectivity index (χ3n) is 3.89. The molecule has 0 saturated carbocycles. The highest BCUT2D eigenvalue weighted by atomic mass is 16.5. The molecule has 3 N–H and O–H groups in total. The molecule has 0 aliphatic rings. The van der Waals surface area contributed by atoms with Crippen LogP contribution in [0.25, 0.3) is 0 Å². The standard InChI is InChI=1S/C21H21N5O3/c1-13-11-19(25-18-10-5-4-9-17(18)20(28)29-3)26-21(22-13)24-16-8-6-7-15(12-16)23-14(2)27/h4-12H,1-3H3,(H,23,27)(H2,22,24,25,26). The summed E-state index contributed by atoms with van der Waals surface area (Å²) >= 11 is 0. The highest BCUT2D eigenvalue weighted by molar-refractivity contribution is 5.96. The average Bonchev–Trinajstić information content (AvgIpc) is 2.67. The number of nitrogens with one attached hydrogen (secondary N) is 3. The largest absolute Gasteiger partial charge is 0.465 e. The van der Waals surface area contributed by atoms with Crippen LogP contribution in [0.2, 0.25) is 0 Å². The molecule has 0 bridgehead atoms. The summed E-state index contributed by atoms with van der Waals surface area (Å²) in [6.07, 6.45) is 0. The van der Waals surface area contributed by atoms with Gasteiger partial charge in [-0.2, -0.15) is 4.98 Å². The molecule has 3 aromatic rings. The molecule has 0 radical (unpaired) electrons. The first-order chi connectivity index (χ1) is 13.9. The van der Waals surface area contributed by atoms with Crippen LogP contribution in [0.1, 0.15) is 23.0 Å². The lowest BCUT2D eigenvalue weighted by atomic mass is 10.2. The minimum Gasteiger partial charge on any atom is -0.465 e. The summed E-state index contributed by atoms with van der Waals surface area (Å²) in [6, 6.07) is 16.0. The van der Waals surface area contributed by atoms with Gasteiger partial charge in [-0.05, 0) is 37.3 Å². The van der Waals surface area contributed by atoms with Crippen LogP contribution in [0.4, 0.5) is 28.8 Å². The Balaban J connectivity index is 1.84. The molecule has 0 unspecified atom stereocenters. The predicted octanol–water partition coefficient (Wildman–Crippen LogP) is 4.02. The third kappa shape index (κ3) is 5.29. The smallest absolute Gasteiger partial charge is 0.339 e. The summed E-state index contributed by atoms with van der Waals surface area (Å²) in [6.45, 7) is 3.30. The molecule has 0 atom stereocenters. The van der Waals surface area contributed by atoms with Crippen LogP contribution in [0.15, 0.2) is 54.6 Å². The Morgan fingerprint density at radius 3 is 2.45 bits per heavy atom. The fourth-order valence-electron chi connectivity index (χ4n) is 2.71. The number of aryl methyl sites for hydroxylation is 1. The summed E-state index contributed by atoms with van der Waals surface area (Å²) in [5.74, 6) is 0.314. The van der Waals surface area contributed by atoms with Gasteiger partial charge in [0.2, 0.25) is 11.9 Å². The van der Waals surface area contributed by atoms with Crippen LogP contribution in [-0.4, -0.2) is 29.0 Å². The van der Waals surface area contributed by atoms with Crippen molar-refractivity contribution < 1.29 is 14.3 Å². The summed E-state index contributed by atoms with van der Waals surface area (Å²) in [5.41, 5.74) is 3.11. The van der Waals surface area contributed by atoms with Crippen molar-refractivity contribution >= 4 is 40.7 Å². The summed E-state index contributed by atoms with van der Waals surface area (Å²) in [4.78, 5) is 32.1. The van der Waals surface area contributed by atoms with Gasteiger partial charge in [0.1, 0.15) is 5.82 Å². The molecule has 1 heterocycles. The van der Waals surface area contributed by atoms with E-state index in [1.807, 2.05) is 25.1 Å². The van der Waals surface area contributed by atoms with E-state index in [0.29, 0.717) is 28.7 Å². The minimum atomic E-state index is -0.438. The van der Waals surface area contributed by atoms with Crippen molar-refractivity contribution in [1.29, 1.82) is 0 Å². The van der Waals surface area contributed by atoms with Crippen molar-refractivity contribution in [2.45, 2.75) is 13.8 Å². The van der Waals surface area contributed by atoms with Crippen LogP contribution in [-0.2, 0) is 9.53 Å². The van der Waals surface area contributed by atoms with E-state index in [9.17, 15) is 9.59 Å². The number of para-hydroxylation sites is 1. The monoisotopic (exact) mass is 391 g/mol. The molecule has 2 aromatic carbocycles. The number of hydrogen-bond donors (Lipinski definition) is 3. The van der Waals surface area contributed by atoms with Crippen LogP contribution < -0.4 is 16.0 Å². The Morgan fingerprint density at radius 2 is 1.69 bits per heavy atom. The topological polar surface area (TPSA) is 105 Å². The van der Waals surface area contributed by atoms with Gasteiger partial charge < -0.3 is 20.7 Å². The van der Waals surface area contributed by atoms with Crippen LogP contribution in [0, 0.1) is 6.92 Å². The zero-order valence-corrected chi connectivity index (χ0v) is 16.3. The zero-order chi connectivity index (χ0) is 20.8. The molecule has 0 spiro atoms. The van der Waals surface area contributed by atoms with Gasteiger partial charge in [-0.3, -0.25) is 4.79 Å². The highest BCUT2D eigenvalue weighted by Gasteiger charge is 2.12. The molecule has 1 aromatic heterocycles. The summed E-state index contributed by atoms with van der Waals surface area (Å²) in [5, 5.41) is 9.00. The SMILES string of the molecule is COC(=O)c1ccccc1Nc1cc(C)nc(Nc2cccc(NC(C)=O)c2)n1. The molecule has 0 aliphatic carbocycles. The Bertz CT molecular complexity index is 1050. The van der Waals surface area contributed by atoms with Crippen LogP contribution >= 0.6 is 0 Å². The third-order valence-corrected chi connectivity index (χ3v) is 3.89. The molecule has 0 fully saturated rings. The second-order valence-corrected chi connectivity index (χ2v) is 6.27. The Hall–Kier alpha value is -3.94. The highest BCUT2D eigenvalue weighted by Crippen LogP contribution is 2.23. The van der Waals surface area contributed by atoms with Crippen LogP contribution in [0.5, 0.6) is 0 Å². The number of methoxy groups -OCH3 is 1. The number of aromatic nitrogens is 2. The molecular formula is C21H21N5O3. The number of nitrogens with zero attached hydrogens (tertiary/aromatic N) is 2. The summed E-state index contributed by atoms with van der Waals surface area (Å²) in [7, 11) is 1.34. The quantitative estimate of drug-likeness (QED) is 0.545. The van der Waals surface area contributed by atoms with E-state index in [2.05, 4.69) is 25.9 Å². The maximum absolute atomic E-state index is 12.0. The molecule has 29 heavy (non-hydrogen) atoms. The second kappa shape index (κ2) is 8.83. The molecule has 3 rings (SSSR count). The Labute approximate surface area is 168 Å². The first-order valence-corrected chi connectivity index (χ1v) is 8.89. The molecule has 8 heteroatoms. The van der Waals surface area contributed by atoms with E-state index in [0.717, 1.165) is 11.4 Å². The Kier molecular flexibility index (Phi) is 6.03. The zero-order valence-electron chi connectivity index (χ0n) is 16.3. The van der Waals surface area contributed by atoms with E-state index in [1.54, 1.807) is 36.4 Å². The first-order valence-electron chi connectivity index (χ1n) is 8.89. The van der Waals surface area contributed by atoms with Crippen molar-refractivity contribution in [3.8, 4) is 0 Å². The molecule has 1 amide bonds. The number of carbonyl (C=O) groups excluding carboxylic acids is 2. The van der Waals surface area contributed by atoms with E-state index in [1.165, 1.54) is 14.0 Å². The Morgan fingerprint density at radius 1 is 0.931 bits per heavy atom. The minimum absolute atomic E-state index is 0.148. The number of amides is 1. The van der Waals surface area contributed by atoms with Crippen molar-refractivity contribution in [2.75, 3.05) is 23.1 Å². The fourth-order valence-corrected chi connectivity index (χ4v) is 2.71. The number of benzene rings is 2. The number of ether oxygens (including phenoxy) is 1. The van der Waals surface area contributed by atoms with Gasteiger partial charge in [0.05, 0.1) is 18.4 Å². The van der Waals surface area contributed by atoms with Gasteiger partial charge in [0.25, 0.3) is 0 Å². The number of hydrogen-bond acceptors (Lipinski definition) is 7. The van der Waals surface area contributed by atoms with Gasteiger partial charge in [-0.25, -0.2) is 9.78 Å². The van der Waals surface area contributed by atoms with E-state index in [-0.39, 0.29) is 5.91 Å². The lowest BCUT2D eigenvalue weighted by Crippen LogP contribution is -2.08. The fraction of sp³-hybridized carbons (Fsp3) is 0.143. The molecular weight excluding hydrogens is 370 g/mol. The first kappa shape index (κ1) is 19.8. The lowest BCUT2D eigenvalue weighted by molar-refractivity contribution is -0.114. The number of carbonyl (C=O) groups is 2. The van der Waals surface area contributed by atoms with E-state index < -0.39 is 5.97 Å². The van der Waals surface area contributed by atoms with Crippen molar-refractivity contribution in [2.24, 2.45) is 0 Å². The maximum Gasteiger partial charge on any atom is 0.339 e. The lowest BCUT2D eigenvalue weighted by Gasteiger charge is -2.12. The molecule has 0 saturated heterocycles. The summed E-state index contributed by atoms with van der Waals surface area (Å²) < 4.78 is 4.83. The number of esters is 1. The molecule has 8 nitrogen and oxygen atoms in total. The van der Waals surface area contributed by atoms with E-state index >= 15 is 0 Å².